The highest BCUT2D eigenvalue weighted by Crippen LogP contribution is 2.48. The Bertz CT molecular complexity index is 2080. The number of rotatable bonds is 4. The molecule has 4 heterocycles. The van der Waals surface area contributed by atoms with Crippen molar-refractivity contribution >= 4 is 69.4 Å². The normalized spacial score (nSPS) is 21.2. The van der Waals surface area contributed by atoms with E-state index in [1.165, 1.54) is 0 Å². The monoisotopic (exact) mass is 648 g/mol. The van der Waals surface area contributed by atoms with E-state index < -0.39 is 24.1 Å². The Morgan fingerprint density at radius 2 is 1.06 bits per heavy atom. The van der Waals surface area contributed by atoms with Gasteiger partial charge in [-0.1, -0.05) is 78.3 Å². The number of ether oxygens (including phenoxy) is 2. The number of carbonyl (C=O) groups excluding carboxylic acids is 2. The molecule has 234 valence electrons. The average molecular weight is 649 g/mol. The number of amides is 2. The number of fused-ring (bicyclic) bond motifs is 4. The fourth-order valence-electron chi connectivity index (χ4n) is 6.22. The minimum atomic E-state index is -0.958. The molecule has 4 N–H and O–H groups in total. The fourth-order valence-corrected chi connectivity index (χ4v) is 6.39. The molecule has 4 aromatic carbocycles. The summed E-state index contributed by atoms with van der Waals surface area (Å²) in [6, 6.07) is 27.2. The number of para-hydroxylation sites is 1. The molecule has 4 aliphatic rings. The van der Waals surface area contributed by atoms with E-state index in [0.29, 0.717) is 38.9 Å². The second kappa shape index (κ2) is 11.8. The summed E-state index contributed by atoms with van der Waals surface area (Å²) in [6.07, 6.45) is -1.50. The molecule has 4 aromatic rings. The topological polar surface area (TPSA) is 151 Å². The summed E-state index contributed by atoms with van der Waals surface area (Å²) in [5.41, 5.74) is 6.76. The first-order valence-electron chi connectivity index (χ1n) is 14.7. The first-order chi connectivity index (χ1) is 22.7. The highest BCUT2D eigenvalue weighted by Gasteiger charge is 2.38. The summed E-state index contributed by atoms with van der Waals surface area (Å²) in [5, 5.41) is 24.3. The fraction of sp³-hybridized carbons (Fsp3) is 0.111. The highest BCUT2D eigenvalue weighted by molar-refractivity contribution is 6.38. The van der Waals surface area contributed by atoms with E-state index in [4.69, 9.17) is 31.3 Å². The molecule has 2 atom stereocenters. The molecule has 47 heavy (non-hydrogen) atoms. The third-order valence-corrected chi connectivity index (χ3v) is 8.43. The smallest absolute Gasteiger partial charge is 0.307 e. The van der Waals surface area contributed by atoms with Gasteiger partial charge in [-0.15, -0.1) is 0 Å². The van der Waals surface area contributed by atoms with Crippen LogP contribution in [0.1, 0.15) is 58.4 Å². The van der Waals surface area contributed by atoms with E-state index in [9.17, 15) is 19.2 Å². The van der Waals surface area contributed by atoms with Gasteiger partial charge < -0.3 is 30.3 Å². The zero-order chi connectivity index (χ0) is 32.8. The minimum absolute atomic E-state index is 0.142. The predicted octanol–water partition coefficient (Wildman–Crippen LogP) is 6.76. The van der Waals surface area contributed by atoms with Gasteiger partial charge in [-0.25, -0.2) is 0 Å². The molecule has 2 amide bonds. The van der Waals surface area contributed by atoms with E-state index in [0.717, 1.165) is 33.5 Å². The number of hydrogen-bond acceptors (Lipinski definition) is 6. The lowest BCUT2D eigenvalue weighted by molar-refractivity contribution is -0.140. The summed E-state index contributed by atoms with van der Waals surface area (Å²) in [6.45, 7) is 0. The van der Waals surface area contributed by atoms with E-state index in [2.05, 4.69) is 10.6 Å². The highest BCUT2D eigenvalue weighted by atomic mass is 35.5. The first-order valence-corrected chi connectivity index (χ1v) is 15.0. The van der Waals surface area contributed by atoms with Gasteiger partial charge in [-0.2, -0.15) is 0 Å². The molecule has 10 nitrogen and oxygen atoms in total. The first kappa shape index (κ1) is 29.8. The molecule has 0 aromatic heterocycles. The molecule has 2 unspecified atom stereocenters. The Morgan fingerprint density at radius 3 is 1.60 bits per heavy atom. The molecule has 0 radical (unpaired) electrons. The van der Waals surface area contributed by atoms with Gasteiger partial charge in [0.05, 0.1) is 24.0 Å². The van der Waals surface area contributed by atoms with Crippen molar-refractivity contribution in [3.05, 3.63) is 129 Å². The van der Waals surface area contributed by atoms with Crippen LogP contribution >= 0.6 is 11.6 Å². The molecular weight excluding hydrogens is 624 g/mol. The van der Waals surface area contributed by atoms with Gasteiger partial charge in [0.15, 0.2) is 0 Å². The molecule has 0 spiro atoms. The Balaban J connectivity index is 0.000000150. The van der Waals surface area contributed by atoms with Crippen LogP contribution in [0.15, 0.2) is 91.0 Å². The van der Waals surface area contributed by atoms with Crippen LogP contribution in [0.25, 0.3) is 22.7 Å². The summed E-state index contributed by atoms with van der Waals surface area (Å²) in [4.78, 5) is 47.0. The van der Waals surface area contributed by atoms with Crippen LogP contribution in [-0.4, -0.2) is 34.0 Å². The Labute approximate surface area is 272 Å². The van der Waals surface area contributed by atoms with Crippen LogP contribution in [0.4, 0.5) is 11.4 Å². The van der Waals surface area contributed by atoms with Gasteiger partial charge in [0.1, 0.15) is 23.7 Å². The van der Waals surface area contributed by atoms with Gasteiger partial charge in [-0.3, -0.25) is 19.2 Å². The molecule has 11 heteroatoms. The van der Waals surface area contributed by atoms with Crippen LogP contribution in [0, 0.1) is 0 Å². The number of aliphatic carboxylic acids is 2. The van der Waals surface area contributed by atoms with Gasteiger partial charge in [0.2, 0.25) is 0 Å². The summed E-state index contributed by atoms with van der Waals surface area (Å²) in [7, 11) is 0. The standard InChI is InChI=1S/C18H12ClNO4.C18H13NO4/c19-9-5-6-13-12(7-9)16(18(23)20-13)17-11-4-2-1-3-10(11)14(24-17)8-15(21)22;20-15(21)9-14-10-5-1-2-6-11(10)17(23-14)16-12-7-3-4-8-13(12)19-18(16)22/h1-7,14H,8H2,(H,20,23)(H,21,22);1-8,14H,9H2,(H,19,22)(H,20,21). The number of nitrogens with one attached hydrogen (secondary N) is 2. The predicted molar refractivity (Wildman–Crippen MR) is 174 cm³/mol. The van der Waals surface area contributed by atoms with Crippen molar-refractivity contribution in [3.8, 4) is 0 Å². The van der Waals surface area contributed by atoms with Crippen LogP contribution in [0.2, 0.25) is 5.02 Å². The maximum Gasteiger partial charge on any atom is 0.307 e. The quantitative estimate of drug-likeness (QED) is 0.177. The Kier molecular flexibility index (Phi) is 7.49. The zero-order valence-electron chi connectivity index (χ0n) is 24.5. The number of anilines is 2. The van der Waals surface area contributed by atoms with E-state index in [1.54, 1.807) is 18.2 Å². The van der Waals surface area contributed by atoms with E-state index in [1.807, 2.05) is 72.8 Å². The molecule has 0 fully saturated rings. The molecule has 4 aliphatic heterocycles. The van der Waals surface area contributed by atoms with E-state index in [-0.39, 0.29) is 24.7 Å². The SMILES string of the molecule is O=C(O)CC1OC(=C2C(=O)Nc3ccc(Cl)cc32)c2ccccc21.O=C(O)CC1OC(=C2C(=O)Nc3ccccc32)c2ccccc21. The van der Waals surface area contributed by atoms with Crippen LogP contribution in [0.5, 0.6) is 0 Å². The summed E-state index contributed by atoms with van der Waals surface area (Å²) < 4.78 is 11.8. The van der Waals surface area contributed by atoms with Gasteiger partial charge >= 0.3 is 11.9 Å². The number of hydrogen-bond donors (Lipinski definition) is 4. The lowest BCUT2D eigenvalue weighted by atomic mass is 9.98. The second-order valence-corrected chi connectivity index (χ2v) is 11.6. The van der Waals surface area contributed by atoms with Crippen molar-refractivity contribution in [2.75, 3.05) is 10.6 Å². The van der Waals surface area contributed by atoms with Crippen molar-refractivity contribution in [1.29, 1.82) is 0 Å². The summed E-state index contributed by atoms with van der Waals surface area (Å²) >= 11 is 6.06. The van der Waals surface area contributed by atoms with Crippen LogP contribution < -0.4 is 10.6 Å². The third-order valence-electron chi connectivity index (χ3n) is 8.20. The van der Waals surface area contributed by atoms with Crippen LogP contribution in [-0.2, 0) is 28.7 Å². The molecule has 0 saturated heterocycles. The number of halogens is 1. The van der Waals surface area contributed by atoms with Crippen molar-refractivity contribution < 1.29 is 38.9 Å². The number of carbonyl (C=O) groups is 4. The molecule has 0 saturated carbocycles. The van der Waals surface area contributed by atoms with Crippen molar-refractivity contribution in [2.45, 2.75) is 25.0 Å². The summed E-state index contributed by atoms with van der Waals surface area (Å²) in [5.74, 6) is -1.56. The average Bonchev–Trinajstić information content (AvgIpc) is 3.77. The molecule has 0 aliphatic carbocycles. The zero-order valence-corrected chi connectivity index (χ0v) is 25.2. The van der Waals surface area contributed by atoms with Gasteiger partial charge in [0.25, 0.3) is 11.8 Å². The van der Waals surface area contributed by atoms with Gasteiger partial charge in [-0.05, 0) is 24.3 Å². The second-order valence-electron chi connectivity index (χ2n) is 11.1. The largest absolute Gasteiger partial charge is 0.484 e. The maximum atomic E-state index is 12.5. The molecular formula is C36H25ClN2O8. The minimum Gasteiger partial charge on any atom is -0.484 e. The maximum absolute atomic E-state index is 12.5. The Morgan fingerprint density at radius 1 is 0.617 bits per heavy atom. The lowest BCUT2D eigenvalue weighted by Crippen LogP contribution is -2.07. The number of benzene rings is 4. The van der Waals surface area contributed by atoms with Gasteiger partial charge in [0, 0.05) is 49.8 Å². The van der Waals surface area contributed by atoms with Crippen molar-refractivity contribution in [1.82, 2.24) is 0 Å². The van der Waals surface area contributed by atoms with Crippen LogP contribution in [0.3, 0.4) is 0 Å². The molecule has 8 rings (SSSR count). The lowest BCUT2D eigenvalue weighted by Gasteiger charge is -2.10. The molecule has 0 bridgehead atoms. The van der Waals surface area contributed by atoms with Crippen molar-refractivity contribution in [2.24, 2.45) is 0 Å². The van der Waals surface area contributed by atoms with E-state index >= 15 is 0 Å². The number of carboxylic acid groups (broad SMARTS) is 2. The Hall–Kier alpha value is -5.87. The van der Waals surface area contributed by atoms with Crippen molar-refractivity contribution in [3.63, 3.8) is 0 Å². The number of carboxylic acids is 2. The third kappa shape index (κ3) is 5.38.